The number of carbonyl (C=O) groups excluding carboxylic acids is 1. The van der Waals surface area contributed by atoms with E-state index in [1.807, 2.05) is 0 Å². The number of carbonyl (C=O) groups is 1. The van der Waals surface area contributed by atoms with Gasteiger partial charge >= 0.3 is 6.09 Å². The monoisotopic (exact) mass is 370 g/mol. The maximum atomic E-state index is 12.7. The van der Waals surface area contributed by atoms with E-state index in [9.17, 15) is 13.2 Å². The second-order valence-electron chi connectivity index (χ2n) is 5.47. The SMILES string of the molecule is CCOC(=O)N1CCC(NS(=O)(=O)c2cccc3nsnc23)CC1. The van der Waals surface area contributed by atoms with Crippen molar-refractivity contribution in [2.75, 3.05) is 19.7 Å². The van der Waals surface area contributed by atoms with Gasteiger partial charge in [-0.1, -0.05) is 6.07 Å². The van der Waals surface area contributed by atoms with Gasteiger partial charge < -0.3 is 9.64 Å². The first kappa shape index (κ1) is 17.1. The van der Waals surface area contributed by atoms with Gasteiger partial charge in [-0.2, -0.15) is 8.75 Å². The fourth-order valence-electron chi connectivity index (χ4n) is 2.68. The predicted molar refractivity (Wildman–Crippen MR) is 89.4 cm³/mol. The van der Waals surface area contributed by atoms with Crippen LogP contribution in [0.3, 0.4) is 0 Å². The van der Waals surface area contributed by atoms with Crippen molar-refractivity contribution in [3.8, 4) is 0 Å². The van der Waals surface area contributed by atoms with Gasteiger partial charge in [-0.3, -0.25) is 0 Å². The number of ether oxygens (including phenoxy) is 1. The number of likely N-dealkylation sites (tertiary alicyclic amines) is 1. The molecule has 130 valence electrons. The van der Waals surface area contributed by atoms with Crippen molar-refractivity contribution in [2.45, 2.75) is 30.7 Å². The summed E-state index contributed by atoms with van der Waals surface area (Å²) in [5.41, 5.74) is 0.957. The van der Waals surface area contributed by atoms with Gasteiger partial charge in [0.25, 0.3) is 0 Å². The molecule has 1 amide bonds. The third-order valence-corrected chi connectivity index (χ3v) is 5.98. The lowest BCUT2D eigenvalue weighted by Gasteiger charge is -2.31. The Labute approximate surface area is 144 Å². The summed E-state index contributed by atoms with van der Waals surface area (Å²) in [4.78, 5) is 13.4. The number of hydrogen-bond donors (Lipinski definition) is 1. The Kier molecular flexibility index (Phi) is 4.97. The molecule has 1 aliphatic rings. The molecule has 1 aliphatic heterocycles. The van der Waals surface area contributed by atoms with Gasteiger partial charge in [0.05, 0.1) is 18.3 Å². The number of piperidine rings is 1. The van der Waals surface area contributed by atoms with Crippen LogP contribution in [0.2, 0.25) is 0 Å². The molecule has 24 heavy (non-hydrogen) atoms. The average molecular weight is 370 g/mol. The highest BCUT2D eigenvalue weighted by atomic mass is 32.2. The highest BCUT2D eigenvalue weighted by Crippen LogP contribution is 2.22. The summed E-state index contributed by atoms with van der Waals surface area (Å²) in [5, 5.41) is 0. The topological polar surface area (TPSA) is 101 Å². The summed E-state index contributed by atoms with van der Waals surface area (Å²) in [6.45, 7) is 3.02. The number of amides is 1. The maximum Gasteiger partial charge on any atom is 0.409 e. The number of sulfonamides is 1. The van der Waals surface area contributed by atoms with Crippen LogP contribution in [-0.2, 0) is 14.8 Å². The van der Waals surface area contributed by atoms with Gasteiger partial charge in [-0.25, -0.2) is 17.9 Å². The minimum atomic E-state index is -3.68. The summed E-state index contributed by atoms with van der Waals surface area (Å²) < 4.78 is 41.1. The standard InChI is InChI=1S/C14H18N4O4S2/c1-2-22-14(19)18-8-6-10(7-9-18)17-24(20,21)12-5-3-4-11-13(12)16-23-15-11/h3-5,10,17H,2,6-9H2,1H3. The van der Waals surface area contributed by atoms with Crippen LogP contribution in [0.25, 0.3) is 11.0 Å². The van der Waals surface area contributed by atoms with Gasteiger partial charge in [0.1, 0.15) is 15.9 Å². The maximum absolute atomic E-state index is 12.7. The van der Waals surface area contributed by atoms with Crippen molar-refractivity contribution in [3.05, 3.63) is 18.2 Å². The van der Waals surface area contributed by atoms with E-state index in [1.54, 1.807) is 24.0 Å². The molecular weight excluding hydrogens is 352 g/mol. The zero-order valence-electron chi connectivity index (χ0n) is 13.1. The Morgan fingerprint density at radius 1 is 1.38 bits per heavy atom. The lowest BCUT2D eigenvalue weighted by molar-refractivity contribution is 0.0966. The first-order valence-electron chi connectivity index (χ1n) is 7.66. The molecule has 0 radical (unpaired) electrons. The molecule has 0 aliphatic carbocycles. The van der Waals surface area contributed by atoms with Crippen LogP contribution in [-0.4, -0.2) is 53.9 Å². The number of hydrogen-bond acceptors (Lipinski definition) is 7. The number of nitrogens with zero attached hydrogens (tertiary/aromatic N) is 3. The minimum Gasteiger partial charge on any atom is -0.450 e. The third-order valence-electron chi connectivity index (χ3n) is 3.88. The zero-order valence-corrected chi connectivity index (χ0v) is 14.8. The summed E-state index contributed by atoms with van der Waals surface area (Å²) in [7, 11) is -3.68. The number of fused-ring (bicyclic) bond motifs is 1. The lowest BCUT2D eigenvalue weighted by Crippen LogP contribution is -2.46. The second-order valence-corrected chi connectivity index (χ2v) is 7.68. The molecule has 3 rings (SSSR count). The van der Waals surface area contributed by atoms with Gasteiger partial charge in [0.15, 0.2) is 0 Å². The fraction of sp³-hybridized carbons (Fsp3) is 0.500. The minimum absolute atomic E-state index is 0.140. The van der Waals surface area contributed by atoms with Crippen molar-refractivity contribution in [1.82, 2.24) is 18.4 Å². The van der Waals surface area contributed by atoms with E-state index in [-0.39, 0.29) is 17.0 Å². The first-order chi connectivity index (χ1) is 11.5. The smallest absolute Gasteiger partial charge is 0.409 e. The Morgan fingerprint density at radius 3 is 2.83 bits per heavy atom. The van der Waals surface area contributed by atoms with E-state index in [2.05, 4.69) is 13.5 Å². The molecule has 8 nitrogen and oxygen atoms in total. The van der Waals surface area contributed by atoms with Crippen molar-refractivity contribution in [1.29, 1.82) is 0 Å². The van der Waals surface area contributed by atoms with Crippen LogP contribution in [0, 0.1) is 0 Å². The van der Waals surface area contributed by atoms with E-state index in [4.69, 9.17) is 4.74 Å². The van der Waals surface area contributed by atoms with Gasteiger partial charge in [-0.15, -0.1) is 0 Å². The largest absolute Gasteiger partial charge is 0.450 e. The average Bonchev–Trinajstić information content (AvgIpc) is 3.03. The van der Waals surface area contributed by atoms with Gasteiger partial charge in [0, 0.05) is 19.1 Å². The first-order valence-corrected chi connectivity index (χ1v) is 9.88. The van der Waals surface area contributed by atoms with Crippen molar-refractivity contribution >= 4 is 38.9 Å². The molecular formula is C14H18N4O4S2. The van der Waals surface area contributed by atoms with Crippen LogP contribution >= 0.6 is 11.7 Å². The molecule has 0 saturated carbocycles. The Morgan fingerprint density at radius 2 is 2.12 bits per heavy atom. The molecule has 1 aromatic heterocycles. The molecule has 0 atom stereocenters. The highest BCUT2D eigenvalue weighted by Gasteiger charge is 2.28. The van der Waals surface area contributed by atoms with Gasteiger partial charge in [-0.05, 0) is 31.9 Å². The number of rotatable bonds is 4. The van der Waals surface area contributed by atoms with Crippen molar-refractivity contribution in [2.24, 2.45) is 0 Å². The normalized spacial score (nSPS) is 16.5. The summed E-state index contributed by atoms with van der Waals surface area (Å²) in [6.07, 6.45) is 0.740. The summed E-state index contributed by atoms with van der Waals surface area (Å²) in [6, 6.07) is 4.69. The van der Waals surface area contributed by atoms with Crippen LogP contribution in [0.1, 0.15) is 19.8 Å². The fourth-order valence-corrected chi connectivity index (χ4v) is 4.75. The van der Waals surface area contributed by atoms with E-state index >= 15 is 0 Å². The molecule has 2 heterocycles. The molecule has 1 saturated heterocycles. The number of aromatic nitrogens is 2. The van der Waals surface area contributed by atoms with Crippen LogP contribution in [0.5, 0.6) is 0 Å². The van der Waals surface area contributed by atoms with Crippen LogP contribution in [0.4, 0.5) is 4.79 Å². The quantitative estimate of drug-likeness (QED) is 0.877. The second kappa shape index (κ2) is 6.99. The zero-order chi connectivity index (χ0) is 17.2. The third kappa shape index (κ3) is 3.50. The molecule has 0 bridgehead atoms. The van der Waals surface area contributed by atoms with E-state index < -0.39 is 10.0 Å². The molecule has 10 heteroatoms. The summed E-state index contributed by atoms with van der Waals surface area (Å²) >= 11 is 0.987. The summed E-state index contributed by atoms with van der Waals surface area (Å²) in [5.74, 6) is 0. The Bertz CT molecular complexity index is 828. The number of benzene rings is 1. The van der Waals surface area contributed by atoms with Crippen molar-refractivity contribution < 1.29 is 17.9 Å². The van der Waals surface area contributed by atoms with E-state index in [0.29, 0.717) is 43.6 Å². The predicted octanol–water partition coefficient (Wildman–Crippen LogP) is 1.59. The molecule has 1 N–H and O–H groups in total. The molecule has 0 spiro atoms. The van der Waals surface area contributed by atoms with Crippen molar-refractivity contribution in [3.63, 3.8) is 0 Å². The molecule has 1 aromatic carbocycles. The van der Waals surface area contributed by atoms with Gasteiger partial charge in [0.2, 0.25) is 10.0 Å². The van der Waals surface area contributed by atoms with Crippen LogP contribution < -0.4 is 4.72 Å². The lowest BCUT2D eigenvalue weighted by atomic mass is 10.1. The van der Waals surface area contributed by atoms with E-state index in [0.717, 1.165) is 11.7 Å². The molecule has 1 fully saturated rings. The molecule has 0 unspecified atom stereocenters. The Balaban J connectivity index is 1.68. The number of nitrogens with one attached hydrogen (secondary N) is 1. The van der Waals surface area contributed by atoms with E-state index in [1.165, 1.54) is 6.07 Å². The highest BCUT2D eigenvalue weighted by molar-refractivity contribution is 7.89. The Hall–Kier alpha value is -1.78. The van der Waals surface area contributed by atoms with Crippen LogP contribution in [0.15, 0.2) is 23.1 Å². The molecule has 2 aromatic rings.